The number of nitrogens with zero attached hydrogens (tertiary/aromatic N) is 4. The van der Waals surface area contributed by atoms with Crippen LogP contribution in [0.25, 0.3) is 16.9 Å². The molecule has 136 valence electrons. The van der Waals surface area contributed by atoms with Crippen molar-refractivity contribution >= 4 is 32.9 Å². The van der Waals surface area contributed by atoms with Gasteiger partial charge < -0.3 is 11.1 Å². The van der Waals surface area contributed by atoms with E-state index in [9.17, 15) is 13.6 Å². The second-order valence-electron chi connectivity index (χ2n) is 6.14. The molecule has 0 spiro atoms. The van der Waals surface area contributed by atoms with Crippen LogP contribution in [0.2, 0.25) is 0 Å². The molecule has 1 aliphatic rings. The summed E-state index contributed by atoms with van der Waals surface area (Å²) in [5.74, 6) is -3.02. The number of nitrogens with two attached hydrogens (primary N) is 1. The number of fused-ring (bicyclic) bond motifs is 1. The van der Waals surface area contributed by atoms with E-state index in [-0.39, 0.29) is 23.4 Å². The first-order chi connectivity index (χ1) is 12.4. The van der Waals surface area contributed by atoms with Crippen LogP contribution in [-0.2, 0) is 0 Å². The van der Waals surface area contributed by atoms with E-state index in [1.807, 2.05) is 0 Å². The number of hydrogen-bond donors (Lipinski definition) is 2. The maximum absolute atomic E-state index is 14.5. The molecule has 3 heterocycles. The SMILES string of the molecule is Nc1ncnc2c1n(-c1ccc(Br)cc1)c(=O)n2[C@@H]1CCNCC1(F)F. The number of hydrogen-bond acceptors (Lipinski definition) is 5. The third kappa shape index (κ3) is 2.60. The van der Waals surface area contributed by atoms with E-state index < -0.39 is 24.2 Å². The first-order valence-corrected chi connectivity index (χ1v) is 8.77. The molecule has 7 nitrogen and oxygen atoms in total. The lowest BCUT2D eigenvalue weighted by atomic mass is 10.0. The molecule has 1 atom stereocenters. The third-order valence-corrected chi connectivity index (χ3v) is 5.05. The highest BCUT2D eigenvalue weighted by molar-refractivity contribution is 9.10. The average molecular weight is 425 g/mol. The van der Waals surface area contributed by atoms with Crippen molar-refractivity contribution in [1.29, 1.82) is 0 Å². The summed E-state index contributed by atoms with van der Waals surface area (Å²) in [6.45, 7) is -0.103. The maximum Gasteiger partial charge on any atom is 0.335 e. The Morgan fingerprint density at radius 2 is 2.00 bits per heavy atom. The van der Waals surface area contributed by atoms with E-state index in [1.165, 1.54) is 10.9 Å². The van der Waals surface area contributed by atoms with E-state index in [1.54, 1.807) is 24.3 Å². The molecule has 2 aromatic heterocycles. The molecule has 0 bridgehead atoms. The topological polar surface area (TPSA) is 90.8 Å². The minimum Gasteiger partial charge on any atom is -0.382 e. The van der Waals surface area contributed by atoms with Crippen LogP contribution in [-0.4, -0.2) is 38.1 Å². The zero-order valence-corrected chi connectivity index (χ0v) is 15.1. The van der Waals surface area contributed by atoms with Crippen molar-refractivity contribution < 1.29 is 8.78 Å². The van der Waals surface area contributed by atoms with Crippen molar-refractivity contribution in [3.05, 3.63) is 45.5 Å². The van der Waals surface area contributed by atoms with Crippen molar-refractivity contribution in [1.82, 2.24) is 24.4 Å². The van der Waals surface area contributed by atoms with Gasteiger partial charge in [0.05, 0.1) is 12.2 Å². The van der Waals surface area contributed by atoms with E-state index in [0.29, 0.717) is 12.2 Å². The van der Waals surface area contributed by atoms with E-state index >= 15 is 0 Å². The zero-order valence-electron chi connectivity index (χ0n) is 13.5. The molecule has 1 aromatic carbocycles. The molecule has 10 heteroatoms. The third-order valence-electron chi connectivity index (χ3n) is 4.52. The number of aromatic nitrogens is 4. The summed E-state index contributed by atoms with van der Waals surface area (Å²) < 4.78 is 32.2. The van der Waals surface area contributed by atoms with Crippen LogP contribution in [0.15, 0.2) is 39.9 Å². The molecule has 0 saturated carbocycles. The quantitative estimate of drug-likeness (QED) is 0.657. The first-order valence-electron chi connectivity index (χ1n) is 7.98. The summed E-state index contributed by atoms with van der Waals surface area (Å²) in [4.78, 5) is 21.2. The van der Waals surface area contributed by atoms with Crippen LogP contribution >= 0.6 is 15.9 Å². The largest absolute Gasteiger partial charge is 0.382 e. The Morgan fingerprint density at radius 1 is 1.27 bits per heavy atom. The normalized spacial score (nSPS) is 19.7. The summed E-state index contributed by atoms with van der Waals surface area (Å²) in [6, 6.07) is 5.60. The molecule has 1 fully saturated rings. The van der Waals surface area contributed by atoms with Crippen LogP contribution in [0.4, 0.5) is 14.6 Å². The predicted octanol–water partition coefficient (Wildman–Crippen LogP) is 2.10. The van der Waals surface area contributed by atoms with Crippen molar-refractivity contribution in [2.45, 2.75) is 18.4 Å². The highest BCUT2D eigenvalue weighted by Gasteiger charge is 2.45. The fourth-order valence-electron chi connectivity index (χ4n) is 3.32. The van der Waals surface area contributed by atoms with E-state index in [0.717, 1.165) is 9.04 Å². The Hall–Kier alpha value is -2.33. The van der Waals surface area contributed by atoms with Gasteiger partial charge in [-0.2, -0.15) is 0 Å². The molecule has 0 unspecified atom stereocenters. The Morgan fingerprint density at radius 3 is 2.69 bits per heavy atom. The molecular formula is C16H15BrF2N6O. The maximum atomic E-state index is 14.5. The lowest BCUT2D eigenvalue weighted by Crippen LogP contribution is -2.49. The molecule has 3 N–H and O–H groups in total. The number of nitrogen functional groups attached to an aromatic ring is 1. The summed E-state index contributed by atoms with van der Waals surface area (Å²) in [5.41, 5.74) is 6.20. The molecule has 4 rings (SSSR count). The van der Waals surface area contributed by atoms with Crippen LogP contribution in [0.3, 0.4) is 0 Å². The highest BCUT2D eigenvalue weighted by atomic mass is 79.9. The van der Waals surface area contributed by atoms with Gasteiger partial charge in [-0.15, -0.1) is 0 Å². The lowest BCUT2D eigenvalue weighted by Gasteiger charge is -2.32. The van der Waals surface area contributed by atoms with Gasteiger partial charge in [0.15, 0.2) is 11.5 Å². The molecule has 3 aromatic rings. The van der Waals surface area contributed by atoms with Gasteiger partial charge in [0, 0.05) is 4.47 Å². The summed E-state index contributed by atoms with van der Waals surface area (Å²) in [5, 5.41) is 2.66. The second kappa shape index (κ2) is 6.13. The van der Waals surface area contributed by atoms with Crippen molar-refractivity contribution in [2.75, 3.05) is 18.8 Å². The Bertz CT molecular complexity index is 1030. The predicted molar refractivity (Wildman–Crippen MR) is 96.7 cm³/mol. The molecule has 26 heavy (non-hydrogen) atoms. The van der Waals surface area contributed by atoms with Gasteiger partial charge in [0.1, 0.15) is 17.9 Å². The Balaban J connectivity index is 2.04. The number of piperidine rings is 1. The molecule has 0 radical (unpaired) electrons. The number of alkyl halides is 2. The molecule has 1 saturated heterocycles. The fourth-order valence-corrected chi connectivity index (χ4v) is 3.58. The standard InChI is InChI=1S/C16H15BrF2N6O/c17-9-1-3-10(4-2-9)24-12-13(20)22-8-23-14(12)25(15(24)26)11-5-6-21-7-16(11,18)19/h1-4,8,11,21H,5-7H2,(H2,20,22,23)/t11-/m1/s1. The van der Waals surface area contributed by atoms with Gasteiger partial charge in [-0.3, -0.25) is 9.13 Å². The van der Waals surface area contributed by atoms with Crippen LogP contribution < -0.4 is 16.7 Å². The average Bonchev–Trinajstić information content (AvgIpc) is 2.89. The van der Waals surface area contributed by atoms with Crippen molar-refractivity contribution in [2.24, 2.45) is 0 Å². The number of imidazole rings is 1. The van der Waals surface area contributed by atoms with Gasteiger partial charge in [-0.25, -0.2) is 23.5 Å². The minimum absolute atomic E-state index is 0.0611. The number of benzene rings is 1. The Kier molecular flexibility index (Phi) is 4.03. The van der Waals surface area contributed by atoms with Gasteiger partial charge in [0.2, 0.25) is 0 Å². The molecule has 0 aliphatic carbocycles. The van der Waals surface area contributed by atoms with Crippen LogP contribution in [0.1, 0.15) is 12.5 Å². The van der Waals surface area contributed by atoms with E-state index in [4.69, 9.17) is 5.73 Å². The van der Waals surface area contributed by atoms with E-state index in [2.05, 4.69) is 31.2 Å². The van der Waals surface area contributed by atoms with Crippen molar-refractivity contribution in [3.63, 3.8) is 0 Å². The number of rotatable bonds is 2. The second-order valence-corrected chi connectivity index (χ2v) is 7.05. The smallest absolute Gasteiger partial charge is 0.335 e. The number of anilines is 1. The van der Waals surface area contributed by atoms with Gasteiger partial charge >= 0.3 is 5.69 Å². The lowest BCUT2D eigenvalue weighted by molar-refractivity contribution is -0.0658. The highest BCUT2D eigenvalue weighted by Crippen LogP contribution is 2.35. The summed E-state index contributed by atoms with van der Waals surface area (Å²) in [6.07, 6.45) is 1.29. The minimum atomic E-state index is -3.08. The monoisotopic (exact) mass is 424 g/mol. The van der Waals surface area contributed by atoms with Crippen LogP contribution in [0.5, 0.6) is 0 Å². The zero-order chi connectivity index (χ0) is 18.5. The van der Waals surface area contributed by atoms with Crippen LogP contribution in [0, 0.1) is 0 Å². The first kappa shape index (κ1) is 17.1. The fraction of sp³-hybridized carbons (Fsp3) is 0.312. The molecular weight excluding hydrogens is 410 g/mol. The van der Waals surface area contributed by atoms with Gasteiger partial charge in [-0.05, 0) is 37.2 Å². The number of halogens is 3. The van der Waals surface area contributed by atoms with Gasteiger partial charge in [-0.1, -0.05) is 15.9 Å². The van der Waals surface area contributed by atoms with Crippen molar-refractivity contribution in [3.8, 4) is 5.69 Å². The number of nitrogens with one attached hydrogen (secondary N) is 1. The molecule has 0 amide bonds. The molecule has 1 aliphatic heterocycles. The van der Waals surface area contributed by atoms with Gasteiger partial charge in [0.25, 0.3) is 5.92 Å². The summed E-state index contributed by atoms with van der Waals surface area (Å²) >= 11 is 3.34. The Labute approximate surface area is 155 Å². The summed E-state index contributed by atoms with van der Waals surface area (Å²) in [7, 11) is 0.